The van der Waals surface area contributed by atoms with Gasteiger partial charge in [-0.25, -0.2) is 30.7 Å². The summed E-state index contributed by atoms with van der Waals surface area (Å²) in [5.74, 6) is -15.4. The van der Waals surface area contributed by atoms with Crippen molar-refractivity contribution in [1.29, 1.82) is 0 Å². The molecule has 0 fully saturated rings. The van der Waals surface area contributed by atoms with Crippen molar-refractivity contribution in [1.82, 2.24) is 0 Å². The molecule has 0 amide bonds. The molecule has 19 heavy (non-hydrogen) atoms. The van der Waals surface area contributed by atoms with Crippen LogP contribution in [0.3, 0.4) is 0 Å². The Morgan fingerprint density at radius 1 is 0.474 bits per heavy atom. The molecule has 0 bridgehead atoms. The number of benzene rings is 2. The Kier molecular flexibility index (Phi) is 4.58. The van der Waals surface area contributed by atoms with Crippen LogP contribution in [0.5, 0.6) is 0 Å². The second-order valence-corrected chi connectivity index (χ2v) is 3.64. The van der Waals surface area contributed by atoms with Gasteiger partial charge in [-0.3, -0.25) is 0 Å². The molecule has 0 aliphatic carbocycles. The molecule has 2 aromatic carbocycles. The van der Waals surface area contributed by atoms with E-state index in [1.807, 2.05) is 0 Å². The summed E-state index contributed by atoms with van der Waals surface area (Å²) in [6.07, 6.45) is 0. The maximum Gasteiger partial charge on any atom is 0.316 e. The Balaban J connectivity index is 0.00000180. The fourth-order valence-electron chi connectivity index (χ4n) is 1.46. The highest BCUT2D eigenvalue weighted by Crippen LogP contribution is 2.36. The van der Waals surface area contributed by atoms with E-state index < -0.39 is 56.5 Å². The summed E-state index contributed by atoms with van der Waals surface area (Å²) in [5.41, 5.74) is 0. The SMILES string of the molecule is Fc1c(F)c(F)c2c(Cl)c(F)c(F)c(F)c2c1F.[MgH2]. The first-order valence-electron chi connectivity index (χ1n) is 4.26. The first-order valence-corrected chi connectivity index (χ1v) is 4.64. The summed E-state index contributed by atoms with van der Waals surface area (Å²) < 4.78 is 91.4. The lowest BCUT2D eigenvalue weighted by molar-refractivity contribution is 0.410. The second kappa shape index (κ2) is 5.33. The Labute approximate surface area is 122 Å². The van der Waals surface area contributed by atoms with Gasteiger partial charge in [0.1, 0.15) is 0 Å². The van der Waals surface area contributed by atoms with E-state index in [0.29, 0.717) is 0 Å². The van der Waals surface area contributed by atoms with Crippen LogP contribution in [0.2, 0.25) is 5.02 Å². The third-order valence-corrected chi connectivity index (χ3v) is 2.64. The van der Waals surface area contributed by atoms with Gasteiger partial charge in [-0.2, -0.15) is 0 Å². The van der Waals surface area contributed by atoms with Gasteiger partial charge in [0.05, 0.1) is 10.4 Å². The minimum atomic E-state index is -2.35. The Morgan fingerprint density at radius 3 is 1.21 bits per heavy atom. The summed E-state index contributed by atoms with van der Waals surface area (Å²) in [5, 5.41) is -4.36. The zero-order valence-electron chi connectivity index (χ0n) is 8.02. The van der Waals surface area contributed by atoms with Crippen molar-refractivity contribution in [3.05, 3.63) is 45.7 Å². The van der Waals surface area contributed by atoms with Gasteiger partial charge < -0.3 is 0 Å². The molecule has 2 rings (SSSR count). The molecular formula is C10H2ClF7Mg. The summed E-state index contributed by atoms with van der Waals surface area (Å²) in [4.78, 5) is 0. The van der Waals surface area contributed by atoms with Crippen LogP contribution >= 0.6 is 11.6 Å². The van der Waals surface area contributed by atoms with Gasteiger partial charge in [0.25, 0.3) is 0 Å². The van der Waals surface area contributed by atoms with E-state index in [9.17, 15) is 30.7 Å². The molecule has 0 unspecified atom stereocenters. The van der Waals surface area contributed by atoms with E-state index in [-0.39, 0.29) is 23.1 Å². The van der Waals surface area contributed by atoms with Crippen LogP contribution in [0.1, 0.15) is 0 Å². The van der Waals surface area contributed by atoms with Crippen molar-refractivity contribution < 1.29 is 30.7 Å². The molecule has 0 spiro atoms. The van der Waals surface area contributed by atoms with Gasteiger partial charge in [0.15, 0.2) is 40.7 Å². The summed E-state index contributed by atoms with van der Waals surface area (Å²) in [6, 6.07) is 0. The predicted octanol–water partition coefficient (Wildman–Crippen LogP) is 3.55. The van der Waals surface area contributed by atoms with E-state index in [4.69, 9.17) is 11.6 Å². The van der Waals surface area contributed by atoms with Crippen molar-refractivity contribution in [3.63, 3.8) is 0 Å². The molecule has 0 aliphatic heterocycles. The van der Waals surface area contributed by atoms with Gasteiger partial charge in [-0.1, -0.05) is 11.6 Å². The molecule has 0 heterocycles. The van der Waals surface area contributed by atoms with Crippen LogP contribution in [-0.2, 0) is 0 Å². The molecule has 0 aliphatic rings. The van der Waals surface area contributed by atoms with Crippen molar-refractivity contribution in [2.24, 2.45) is 0 Å². The summed E-state index contributed by atoms with van der Waals surface area (Å²) >= 11 is 5.13. The van der Waals surface area contributed by atoms with Gasteiger partial charge >= 0.3 is 23.1 Å². The molecule has 0 atom stereocenters. The molecule has 0 N–H and O–H groups in total. The number of hydrogen-bond donors (Lipinski definition) is 0. The van der Waals surface area contributed by atoms with Crippen LogP contribution in [-0.4, -0.2) is 23.1 Å². The number of fused-ring (bicyclic) bond motifs is 1. The van der Waals surface area contributed by atoms with Crippen molar-refractivity contribution in [3.8, 4) is 0 Å². The van der Waals surface area contributed by atoms with E-state index >= 15 is 0 Å². The van der Waals surface area contributed by atoms with Crippen molar-refractivity contribution in [2.45, 2.75) is 0 Å². The molecule has 2 aromatic rings. The highest BCUT2D eigenvalue weighted by molar-refractivity contribution is 6.35. The first kappa shape index (κ1) is 16.3. The van der Waals surface area contributed by atoms with Gasteiger partial charge in [-0.05, 0) is 0 Å². The largest absolute Gasteiger partial charge is 0.316 e. The lowest BCUT2D eigenvalue weighted by Crippen LogP contribution is -2.04. The van der Waals surface area contributed by atoms with Gasteiger partial charge in [0, 0.05) is 5.39 Å². The fourth-order valence-corrected chi connectivity index (χ4v) is 1.72. The Bertz CT molecular complexity index is 573. The molecule has 0 nitrogen and oxygen atoms in total. The number of hydrogen-bond acceptors (Lipinski definition) is 0. The quantitative estimate of drug-likeness (QED) is 0.302. The lowest BCUT2D eigenvalue weighted by atomic mass is 10.1. The third kappa shape index (κ3) is 2.15. The standard InChI is InChI=1S/C10ClF7.Mg.2H/c11-3-1-2(5(13)8(16)7(3)15)6(14)10(18)9(17)4(1)12;;;. The fraction of sp³-hybridized carbons (Fsp3) is 0. The molecule has 0 saturated heterocycles. The Hall–Kier alpha value is -0.734. The van der Waals surface area contributed by atoms with E-state index in [1.165, 1.54) is 0 Å². The van der Waals surface area contributed by atoms with Crippen LogP contribution in [0, 0.1) is 40.7 Å². The molecule has 9 heteroatoms. The number of rotatable bonds is 0. The Morgan fingerprint density at radius 2 is 0.789 bits per heavy atom. The third-order valence-electron chi connectivity index (χ3n) is 2.28. The smallest absolute Gasteiger partial charge is 0.203 e. The van der Waals surface area contributed by atoms with Crippen LogP contribution < -0.4 is 0 Å². The molecule has 0 aromatic heterocycles. The van der Waals surface area contributed by atoms with Crippen LogP contribution in [0.15, 0.2) is 0 Å². The molecular weight excluding hydrogens is 313 g/mol. The lowest BCUT2D eigenvalue weighted by Gasteiger charge is -2.09. The van der Waals surface area contributed by atoms with Crippen molar-refractivity contribution >= 4 is 45.4 Å². The van der Waals surface area contributed by atoms with Crippen LogP contribution in [0.25, 0.3) is 10.8 Å². The summed E-state index contributed by atoms with van der Waals surface area (Å²) in [6.45, 7) is 0. The van der Waals surface area contributed by atoms with Crippen molar-refractivity contribution in [2.75, 3.05) is 0 Å². The molecule has 0 radical (unpaired) electrons. The predicted molar refractivity (Wildman–Crippen MR) is 57.2 cm³/mol. The topological polar surface area (TPSA) is 0 Å². The minimum Gasteiger partial charge on any atom is -0.203 e. The summed E-state index contributed by atoms with van der Waals surface area (Å²) in [7, 11) is 0. The maximum atomic E-state index is 13.3. The number of halogens is 8. The van der Waals surface area contributed by atoms with E-state index in [1.54, 1.807) is 0 Å². The first-order chi connectivity index (χ1) is 8.29. The zero-order chi connectivity index (χ0) is 13.8. The molecule has 100 valence electrons. The highest BCUT2D eigenvalue weighted by atomic mass is 35.5. The average molecular weight is 315 g/mol. The maximum absolute atomic E-state index is 13.3. The normalized spacial score (nSPS) is 10.7. The zero-order valence-corrected chi connectivity index (χ0v) is 8.78. The van der Waals surface area contributed by atoms with Gasteiger partial charge in [0.2, 0.25) is 0 Å². The minimum absolute atomic E-state index is 0. The molecule has 0 saturated carbocycles. The van der Waals surface area contributed by atoms with Gasteiger partial charge in [-0.15, -0.1) is 0 Å². The monoisotopic (exact) mass is 314 g/mol. The van der Waals surface area contributed by atoms with E-state index in [0.717, 1.165) is 0 Å². The van der Waals surface area contributed by atoms with Crippen LogP contribution in [0.4, 0.5) is 30.7 Å². The highest BCUT2D eigenvalue weighted by Gasteiger charge is 2.29. The van der Waals surface area contributed by atoms with E-state index in [2.05, 4.69) is 0 Å². The second-order valence-electron chi connectivity index (χ2n) is 3.26. The average Bonchev–Trinajstić information content (AvgIpc) is 2.35.